The number of fused-ring (bicyclic) bond motifs is 1. The molecule has 3 heterocycles. The second-order valence-electron chi connectivity index (χ2n) is 7.26. The first kappa shape index (κ1) is 16.8. The molecule has 1 unspecified atom stereocenters. The van der Waals surface area contributed by atoms with Crippen LogP contribution in [0.2, 0.25) is 0 Å². The standard InChI is InChI=1S/C21H24N4O/c1-15(10-17-6-4-3-5-7-17)13-24-9-8-18(14-24)19-12-20-22-16(2)11-21(26)25(20)23-19/h3-7,10-12,18,23H,8-9,13-14H2,1-2H3/b15-10+. The lowest BCUT2D eigenvalue weighted by atomic mass is 10.1. The molecule has 0 saturated carbocycles. The Labute approximate surface area is 153 Å². The predicted molar refractivity (Wildman–Crippen MR) is 104 cm³/mol. The number of aromatic nitrogens is 3. The van der Waals surface area contributed by atoms with Gasteiger partial charge in [-0.15, -0.1) is 0 Å². The zero-order valence-corrected chi connectivity index (χ0v) is 15.3. The number of H-pyrrole nitrogens is 1. The molecule has 1 fully saturated rings. The van der Waals surface area contributed by atoms with E-state index in [0.29, 0.717) is 11.6 Å². The highest BCUT2D eigenvalue weighted by Crippen LogP contribution is 2.27. The number of likely N-dealkylation sites (tertiary alicyclic amines) is 1. The maximum Gasteiger partial charge on any atom is 0.272 e. The fourth-order valence-electron chi connectivity index (χ4n) is 3.80. The maximum absolute atomic E-state index is 12.1. The Balaban J connectivity index is 1.46. The lowest BCUT2D eigenvalue weighted by Gasteiger charge is -2.16. The predicted octanol–water partition coefficient (Wildman–Crippen LogP) is 3.22. The normalized spacial score (nSPS) is 18.7. The highest BCUT2D eigenvalue weighted by molar-refractivity contribution is 5.52. The molecule has 5 heteroatoms. The van der Waals surface area contributed by atoms with Crippen LogP contribution in [0.5, 0.6) is 0 Å². The molecule has 1 N–H and O–H groups in total. The van der Waals surface area contributed by atoms with Crippen molar-refractivity contribution < 1.29 is 0 Å². The van der Waals surface area contributed by atoms with E-state index in [-0.39, 0.29) is 5.56 Å². The first-order chi connectivity index (χ1) is 12.6. The average molecular weight is 348 g/mol. The van der Waals surface area contributed by atoms with Gasteiger partial charge in [-0.05, 0) is 32.4 Å². The first-order valence-corrected chi connectivity index (χ1v) is 9.12. The van der Waals surface area contributed by atoms with Crippen molar-refractivity contribution in [3.05, 3.63) is 75.3 Å². The number of benzene rings is 1. The van der Waals surface area contributed by atoms with Crippen molar-refractivity contribution in [2.45, 2.75) is 26.2 Å². The maximum atomic E-state index is 12.1. The number of rotatable bonds is 4. The fourth-order valence-corrected chi connectivity index (χ4v) is 3.80. The van der Waals surface area contributed by atoms with E-state index in [0.717, 1.165) is 37.4 Å². The van der Waals surface area contributed by atoms with Gasteiger partial charge in [-0.25, -0.2) is 9.50 Å². The van der Waals surface area contributed by atoms with E-state index in [1.807, 2.05) is 19.1 Å². The zero-order chi connectivity index (χ0) is 18.1. The molecule has 0 aliphatic carbocycles. The van der Waals surface area contributed by atoms with Crippen molar-refractivity contribution in [3.63, 3.8) is 0 Å². The highest BCUT2D eigenvalue weighted by Gasteiger charge is 2.25. The van der Waals surface area contributed by atoms with Crippen LogP contribution in [0.3, 0.4) is 0 Å². The quantitative estimate of drug-likeness (QED) is 0.788. The third-order valence-electron chi connectivity index (χ3n) is 5.00. The summed E-state index contributed by atoms with van der Waals surface area (Å²) in [7, 11) is 0. The van der Waals surface area contributed by atoms with Gasteiger partial charge >= 0.3 is 0 Å². The van der Waals surface area contributed by atoms with Crippen LogP contribution in [-0.2, 0) is 0 Å². The van der Waals surface area contributed by atoms with Gasteiger partial charge < -0.3 is 0 Å². The third-order valence-corrected chi connectivity index (χ3v) is 5.00. The molecule has 1 saturated heterocycles. The van der Waals surface area contributed by atoms with Crippen LogP contribution >= 0.6 is 0 Å². The molecule has 1 aliphatic rings. The van der Waals surface area contributed by atoms with Crippen molar-refractivity contribution in [1.82, 2.24) is 19.5 Å². The summed E-state index contributed by atoms with van der Waals surface area (Å²) in [4.78, 5) is 19.0. The molecular formula is C21H24N4O. The van der Waals surface area contributed by atoms with Crippen LogP contribution in [0, 0.1) is 6.92 Å². The molecule has 134 valence electrons. The van der Waals surface area contributed by atoms with Crippen LogP contribution in [-0.4, -0.2) is 39.1 Å². The fraction of sp³-hybridized carbons (Fsp3) is 0.333. The third kappa shape index (κ3) is 3.48. The summed E-state index contributed by atoms with van der Waals surface area (Å²) in [6.45, 7) is 7.09. The molecule has 2 aromatic heterocycles. The first-order valence-electron chi connectivity index (χ1n) is 9.12. The van der Waals surface area contributed by atoms with Crippen molar-refractivity contribution >= 4 is 11.7 Å². The van der Waals surface area contributed by atoms with Gasteiger partial charge in [-0.1, -0.05) is 42.0 Å². The molecule has 0 spiro atoms. The van der Waals surface area contributed by atoms with Crippen LogP contribution < -0.4 is 5.56 Å². The molecule has 1 aromatic carbocycles. The van der Waals surface area contributed by atoms with Crippen LogP contribution in [0.4, 0.5) is 0 Å². The molecule has 1 atom stereocenters. The lowest BCUT2D eigenvalue weighted by molar-refractivity contribution is 0.363. The molecule has 4 rings (SSSR count). The Kier molecular flexibility index (Phi) is 4.47. The van der Waals surface area contributed by atoms with E-state index in [2.05, 4.69) is 52.2 Å². The van der Waals surface area contributed by atoms with E-state index < -0.39 is 0 Å². The number of aromatic amines is 1. The van der Waals surface area contributed by atoms with Gasteiger partial charge in [0.15, 0.2) is 5.65 Å². The Hall–Kier alpha value is -2.66. The number of nitrogens with zero attached hydrogens (tertiary/aromatic N) is 3. The van der Waals surface area contributed by atoms with Gasteiger partial charge in [0.2, 0.25) is 0 Å². The van der Waals surface area contributed by atoms with Gasteiger partial charge in [0.1, 0.15) is 0 Å². The van der Waals surface area contributed by atoms with Crippen LogP contribution in [0.15, 0.2) is 52.8 Å². The molecule has 0 bridgehead atoms. The van der Waals surface area contributed by atoms with E-state index >= 15 is 0 Å². The molecule has 5 nitrogen and oxygen atoms in total. The van der Waals surface area contributed by atoms with Gasteiger partial charge in [-0.3, -0.25) is 14.8 Å². The monoisotopic (exact) mass is 348 g/mol. The summed E-state index contributed by atoms with van der Waals surface area (Å²) in [5.74, 6) is 0.418. The summed E-state index contributed by atoms with van der Waals surface area (Å²) < 4.78 is 1.55. The topological polar surface area (TPSA) is 53.4 Å². The lowest BCUT2D eigenvalue weighted by Crippen LogP contribution is -2.22. The summed E-state index contributed by atoms with van der Waals surface area (Å²) in [6.07, 6.45) is 3.35. The van der Waals surface area contributed by atoms with E-state index in [1.54, 1.807) is 10.6 Å². The second-order valence-corrected chi connectivity index (χ2v) is 7.26. The van der Waals surface area contributed by atoms with Gasteiger partial charge in [0, 0.05) is 42.5 Å². The molecule has 26 heavy (non-hydrogen) atoms. The molecular weight excluding hydrogens is 324 g/mol. The Morgan fingerprint density at radius 2 is 2.12 bits per heavy atom. The van der Waals surface area contributed by atoms with Crippen molar-refractivity contribution in [1.29, 1.82) is 0 Å². The Morgan fingerprint density at radius 3 is 2.92 bits per heavy atom. The number of aryl methyl sites for hydroxylation is 1. The molecule has 0 radical (unpaired) electrons. The van der Waals surface area contributed by atoms with Crippen LogP contribution in [0.1, 0.15) is 36.2 Å². The van der Waals surface area contributed by atoms with Crippen LogP contribution in [0.25, 0.3) is 11.7 Å². The zero-order valence-electron chi connectivity index (χ0n) is 15.3. The van der Waals surface area contributed by atoms with Crippen molar-refractivity contribution in [3.8, 4) is 0 Å². The Morgan fingerprint density at radius 1 is 1.31 bits per heavy atom. The largest absolute Gasteiger partial charge is 0.299 e. The number of nitrogens with one attached hydrogen (secondary N) is 1. The number of hydrogen-bond donors (Lipinski definition) is 1. The summed E-state index contributed by atoms with van der Waals surface area (Å²) in [6, 6.07) is 14.0. The van der Waals surface area contributed by atoms with Crippen molar-refractivity contribution in [2.24, 2.45) is 0 Å². The van der Waals surface area contributed by atoms with Gasteiger partial charge in [0.05, 0.1) is 0 Å². The van der Waals surface area contributed by atoms with E-state index in [4.69, 9.17) is 0 Å². The molecule has 0 amide bonds. The highest BCUT2D eigenvalue weighted by atomic mass is 16.1. The smallest absolute Gasteiger partial charge is 0.272 e. The Bertz CT molecular complexity index is 1000. The minimum atomic E-state index is -0.0461. The summed E-state index contributed by atoms with van der Waals surface area (Å²) in [5.41, 5.74) is 5.14. The van der Waals surface area contributed by atoms with Gasteiger partial charge in [-0.2, -0.15) is 0 Å². The second kappa shape index (κ2) is 6.92. The van der Waals surface area contributed by atoms with E-state index in [1.165, 1.54) is 11.1 Å². The van der Waals surface area contributed by atoms with Gasteiger partial charge in [0.25, 0.3) is 5.56 Å². The summed E-state index contributed by atoms with van der Waals surface area (Å²) in [5, 5.41) is 3.25. The SMILES string of the molecule is C/C(=C\c1ccccc1)CN1CCC(c2cc3nc(C)cc(=O)n3[nH]2)C1. The minimum absolute atomic E-state index is 0.0461. The van der Waals surface area contributed by atoms with E-state index in [9.17, 15) is 4.79 Å². The molecule has 1 aliphatic heterocycles. The summed E-state index contributed by atoms with van der Waals surface area (Å²) >= 11 is 0. The minimum Gasteiger partial charge on any atom is -0.299 e. The molecule has 3 aromatic rings. The number of hydrogen-bond acceptors (Lipinski definition) is 3. The average Bonchev–Trinajstić information content (AvgIpc) is 3.22. The van der Waals surface area contributed by atoms with Crippen molar-refractivity contribution in [2.75, 3.05) is 19.6 Å².